The second kappa shape index (κ2) is 8.81. The topological polar surface area (TPSA) is 73.2 Å². The fourth-order valence-corrected chi connectivity index (χ4v) is 6.07. The van der Waals surface area contributed by atoms with E-state index in [0.29, 0.717) is 16.3 Å². The van der Waals surface area contributed by atoms with Crippen LogP contribution in [0, 0.1) is 0 Å². The van der Waals surface area contributed by atoms with E-state index in [-0.39, 0.29) is 23.0 Å². The van der Waals surface area contributed by atoms with Crippen molar-refractivity contribution in [3.05, 3.63) is 31.9 Å². The number of aryl methyl sites for hydroxylation is 1. The van der Waals surface area contributed by atoms with E-state index < -0.39 is 23.7 Å². The first-order valence-corrected chi connectivity index (χ1v) is 12.2. The largest absolute Gasteiger partial charge is 0.459 e. The normalized spacial score (nSPS) is 16.2. The van der Waals surface area contributed by atoms with Crippen LogP contribution in [-0.2, 0) is 35.1 Å². The molecule has 174 valence electrons. The molecule has 6 nitrogen and oxygen atoms in total. The number of fused-ring (bicyclic) bond motifs is 1. The molecule has 4 rings (SSSR count). The number of carbonyl (C=O) groups is 2. The highest BCUT2D eigenvalue weighted by Crippen LogP contribution is 2.47. The van der Waals surface area contributed by atoms with Crippen molar-refractivity contribution in [3.8, 4) is 0 Å². The van der Waals surface area contributed by atoms with Gasteiger partial charge in [0.1, 0.15) is 11.5 Å². The molecule has 0 atom stereocenters. The lowest BCUT2D eigenvalue weighted by molar-refractivity contribution is -0.142. The van der Waals surface area contributed by atoms with Crippen LogP contribution >= 0.6 is 27.3 Å². The third-order valence-corrected chi connectivity index (χ3v) is 7.42. The molecule has 0 bridgehead atoms. The van der Waals surface area contributed by atoms with Gasteiger partial charge in [-0.25, -0.2) is 4.79 Å². The van der Waals surface area contributed by atoms with Gasteiger partial charge >= 0.3 is 12.1 Å². The molecular weight excluding hydrogens is 511 g/mol. The summed E-state index contributed by atoms with van der Waals surface area (Å²) >= 11 is 4.37. The summed E-state index contributed by atoms with van der Waals surface area (Å²) in [4.78, 5) is 26.6. The van der Waals surface area contributed by atoms with Crippen LogP contribution in [0.4, 0.5) is 18.2 Å². The van der Waals surface area contributed by atoms with E-state index in [2.05, 4.69) is 26.3 Å². The minimum Gasteiger partial charge on any atom is -0.459 e. The van der Waals surface area contributed by atoms with Crippen LogP contribution in [0.15, 0.2) is 4.47 Å². The summed E-state index contributed by atoms with van der Waals surface area (Å²) in [5.41, 5.74) is 0.631. The molecule has 0 radical (unpaired) electrons. The quantitative estimate of drug-likeness (QED) is 0.484. The Labute approximate surface area is 195 Å². The monoisotopic (exact) mass is 533 g/mol. The molecule has 1 saturated carbocycles. The van der Waals surface area contributed by atoms with Crippen LogP contribution in [0.3, 0.4) is 0 Å². The number of ether oxygens (including phenoxy) is 1. The van der Waals surface area contributed by atoms with Crippen molar-refractivity contribution in [3.63, 3.8) is 0 Å². The molecule has 2 aromatic heterocycles. The number of hydrogen-bond acceptors (Lipinski definition) is 5. The molecule has 1 N–H and O–H groups in total. The van der Waals surface area contributed by atoms with Gasteiger partial charge in [-0.15, -0.1) is 11.3 Å². The molecule has 0 spiro atoms. The Bertz CT molecular complexity index is 1060. The molecule has 0 aliphatic heterocycles. The zero-order chi connectivity index (χ0) is 23.2. The average molecular weight is 534 g/mol. The van der Waals surface area contributed by atoms with E-state index in [4.69, 9.17) is 4.74 Å². The fourth-order valence-electron chi connectivity index (χ4n) is 3.95. The summed E-state index contributed by atoms with van der Waals surface area (Å²) in [6, 6.07) is 0. The number of anilines is 1. The molecule has 0 saturated heterocycles. The van der Waals surface area contributed by atoms with E-state index >= 15 is 0 Å². The second-order valence-corrected chi connectivity index (χ2v) is 10.3. The Kier molecular flexibility index (Phi) is 6.41. The molecule has 32 heavy (non-hydrogen) atoms. The van der Waals surface area contributed by atoms with E-state index in [1.54, 1.807) is 13.8 Å². The van der Waals surface area contributed by atoms with Crippen molar-refractivity contribution in [2.24, 2.45) is 0 Å². The van der Waals surface area contributed by atoms with Gasteiger partial charge < -0.3 is 10.1 Å². The van der Waals surface area contributed by atoms with Crippen molar-refractivity contribution < 1.29 is 27.5 Å². The Hall–Kier alpha value is -1.88. The number of thiophene rings is 1. The van der Waals surface area contributed by atoms with Gasteiger partial charge in [0, 0.05) is 10.8 Å². The maximum absolute atomic E-state index is 13.3. The number of amides is 1. The third kappa shape index (κ3) is 4.73. The standard InChI is InChI=1S/C21H23BrF3N3O3S/c1-10(2)31-20(30)15-12-5-3-4-6-13(12)32-19(15)26-14(29)9-28-17(11-7-8-11)16(22)18(27-28)21(23,24)25/h10-11H,3-9H2,1-2H3,(H,26,29). The molecule has 1 amide bonds. The summed E-state index contributed by atoms with van der Waals surface area (Å²) in [6.45, 7) is 3.13. The number of nitrogens with zero attached hydrogens (tertiary/aromatic N) is 2. The van der Waals surface area contributed by atoms with E-state index in [9.17, 15) is 22.8 Å². The lowest BCUT2D eigenvalue weighted by Crippen LogP contribution is -2.22. The highest BCUT2D eigenvalue weighted by molar-refractivity contribution is 9.10. The summed E-state index contributed by atoms with van der Waals surface area (Å²) in [5, 5.41) is 6.82. The molecular formula is C21H23BrF3N3O3S. The summed E-state index contributed by atoms with van der Waals surface area (Å²) in [5.74, 6) is -1.08. The van der Waals surface area contributed by atoms with Gasteiger partial charge in [0.05, 0.1) is 21.8 Å². The number of esters is 1. The number of carbonyl (C=O) groups excluding carboxylic acids is 2. The molecule has 2 aromatic rings. The predicted octanol–water partition coefficient (Wildman–Crippen LogP) is 5.69. The Morgan fingerprint density at radius 2 is 1.97 bits per heavy atom. The SMILES string of the molecule is CC(C)OC(=O)c1c(NC(=O)Cn2nc(C(F)(F)F)c(Br)c2C2CC2)sc2c1CCCC2. The zero-order valence-electron chi connectivity index (χ0n) is 17.6. The van der Waals surface area contributed by atoms with E-state index in [1.165, 1.54) is 11.3 Å². The van der Waals surface area contributed by atoms with Gasteiger partial charge in [-0.2, -0.15) is 18.3 Å². The van der Waals surface area contributed by atoms with Gasteiger partial charge in [-0.1, -0.05) is 0 Å². The molecule has 0 unspecified atom stereocenters. The first-order valence-electron chi connectivity index (χ1n) is 10.5. The van der Waals surface area contributed by atoms with E-state index in [1.807, 2.05) is 0 Å². The van der Waals surface area contributed by atoms with Gasteiger partial charge in [-0.05, 0) is 73.9 Å². The molecule has 2 aliphatic rings. The van der Waals surface area contributed by atoms with Crippen molar-refractivity contribution >= 4 is 44.1 Å². The molecule has 1 fully saturated rings. The van der Waals surface area contributed by atoms with Crippen LogP contribution in [-0.4, -0.2) is 27.8 Å². The Morgan fingerprint density at radius 3 is 2.59 bits per heavy atom. The van der Waals surface area contributed by atoms with Crippen LogP contribution in [0.5, 0.6) is 0 Å². The second-order valence-electron chi connectivity index (χ2n) is 8.39. The smallest absolute Gasteiger partial charge is 0.436 e. The highest BCUT2D eigenvalue weighted by atomic mass is 79.9. The van der Waals surface area contributed by atoms with Gasteiger partial charge in [-0.3, -0.25) is 9.48 Å². The number of aromatic nitrogens is 2. The first kappa shape index (κ1) is 23.3. The van der Waals surface area contributed by atoms with Gasteiger partial charge in [0.15, 0.2) is 5.69 Å². The highest BCUT2D eigenvalue weighted by Gasteiger charge is 2.42. The average Bonchev–Trinajstić information content (AvgIpc) is 3.36. The minimum atomic E-state index is -4.62. The maximum Gasteiger partial charge on any atom is 0.436 e. The van der Waals surface area contributed by atoms with Crippen LogP contribution < -0.4 is 5.32 Å². The number of alkyl halides is 3. The van der Waals surface area contributed by atoms with Gasteiger partial charge in [0.2, 0.25) is 5.91 Å². The number of halogens is 4. The number of nitrogens with one attached hydrogen (secondary N) is 1. The van der Waals surface area contributed by atoms with Crippen LogP contribution in [0.1, 0.15) is 77.6 Å². The zero-order valence-corrected chi connectivity index (χ0v) is 20.0. The maximum atomic E-state index is 13.3. The summed E-state index contributed by atoms with van der Waals surface area (Å²) in [6.07, 6.45) is 0.0931. The molecule has 2 heterocycles. The first-order chi connectivity index (χ1) is 15.1. The fraction of sp³-hybridized carbons (Fsp3) is 0.571. The summed E-state index contributed by atoms with van der Waals surface area (Å²) < 4.78 is 46.4. The molecule has 0 aromatic carbocycles. The summed E-state index contributed by atoms with van der Waals surface area (Å²) in [7, 11) is 0. The van der Waals surface area contributed by atoms with Crippen molar-refractivity contribution in [2.75, 3.05) is 5.32 Å². The van der Waals surface area contributed by atoms with E-state index in [0.717, 1.165) is 53.6 Å². The number of rotatable bonds is 6. The van der Waals surface area contributed by atoms with Gasteiger partial charge in [0.25, 0.3) is 0 Å². The number of hydrogen-bond donors (Lipinski definition) is 1. The third-order valence-electron chi connectivity index (χ3n) is 5.43. The lowest BCUT2D eigenvalue weighted by atomic mass is 9.95. The molecule has 2 aliphatic carbocycles. The van der Waals surface area contributed by atoms with Crippen LogP contribution in [0.25, 0.3) is 0 Å². The van der Waals surface area contributed by atoms with Crippen molar-refractivity contribution in [2.45, 2.75) is 77.1 Å². The van der Waals surface area contributed by atoms with Crippen molar-refractivity contribution in [1.29, 1.82) is 0 Å². The Balaban J connectivity index is 1.60. The minimum absolute atomic E-state index is 0.0496. The predicted molar refractivity (Wildman–Crippen MR) is 117 cm³/mol. The van der Waals surface area contributed by atoms with Crippen molar-refractivity contribution in [1.82, 2.24) is 9.78 Å². The lowest BCUT2D eigenvalue weighted by Gasteiger charge is -2.14. The molecule has 11 heteroatoms. The Morgan fingerprint density at radius 1 is 1.28 bits per heavy atom. The van der Waals surface area contributed by atoms with Crippen LogP contribution in [0.2, 0.25) is 0 Å².